The molecule has 0 spiro atoms. The standard InChI is InChI=1S/C10H14N2O2S/c1-11-15(13,14)10-6-4-9(5-7-10)12-8-2-3-8/h4-8,11-12H,2-3H2,1H3. The summed E-state index contributed by atoms with van der Waals surface area (Å²) < 4.78 is 25.1. The van der Waals surface area contributed by atoms with Gasteiger partial charge in [0.1, 0.15) is 0 Å². The van der Waals surface area contributed by atoms with E-state index in [0.29, 0.717) is 10.9 Å². The molecule has 0 aromatic heterocycles. The Balaban J connectivity index is 2.15. The number of hydrogen-bond donors (Lipinski definition) is 2. The number of rotatable bonds is 4. The van der Waals surface area contributed by atoms with E-state index in [-0.39, 0.29) is 0 Å². The predicted molar refractivity (Wildman–Crippen MR) is 59.3 cm³/mol. The summed E-state index contributed by atoms with van der Waals surface area (Å²) >= 11 is 0. The fourth-order valence-corrected chi connectivity index (χ4v) is 2.04. The summed E-state index contributed by atoms with van der Waals surface area (Å²) in [6, 6.07) is 7.38. The van der Waals surface area contributed by atoms with Gasteiger partial charge in [-0.05, 0) is 44.2 Å². The number of anilines is 1. The summed E-state index contributed by atoms with van der Waals surface area (Å²) in [4.78, 5) is 0.298. The monoisotopic (exact) mass is 226 g/mol. The Bertz CT molecular complexity index is 435. The van der Waals surface area contributed by atoms with Crippen molar-refractivity contribution in [3.8, 4) is 0 Å². The molecule has 0 radical (unpaired) electrons. The topological polar surface area (TPSA) is 58.2 Å². The van der Waals surface area contributed by atoms with Crippen molar-refractivity contribution in [2.75, 3.05) is 12.4 Å². The minimum absolute atomic E-state index is 0.298. The molecule has 1 aliphatic rings. The van der Waals surface area contributed by atoms with Crippen LogP contribution in [0.1, 0.15) is 12.8 Å². The van der Waals surface area contributed by atoms with E-state index in [4.69, 9.17) is 0 Å². The third kappa shape index (κ3) is 2.49. The van der Waals surface area contributed by atoms with Gasteiger partial charge in [0.15, 0.2) is 0 Å². The predicted octanol–water partition coefficient (Wildman–Crippen LogP) is 1.17. The molecule has 0 atom stereocenters. The van der Waals surface area contributed by atoms with Crippen LogP contribution in [0.25, 0.3) is 0 Å². The SMILES string of the molecule is CNS(=O)(=O)c1ccc(NC2CC2)cc1. The molecule has 0 unspecified atom stereocenters. The molecule has 0 amide bonds. The molecule has 0 aliphatic heterocycles. The molecule has 5 heteroatoms. The highest BCUT2D eigenvalue weighted by Crippen LogP contribution is 2.25. The fourth-order valence-electron chi connectivity index (χ4n) is 1.31. The molecule has 4 nitrogen and oxygen atoms in total. The van der Waals surface area contributed by atoms with E-state index in [1.54, 1.807) is 24.3 Å². The van der Waals surface area contributed by atoms with Crippen molar-refractivity contribution in [1.29, 1.82) is 0 Å². The Labute approximate surface area is 89.7 Å². The third-order valence-electron chi connectivity index (χ3n) is 2.38. The van der Waals surface area contributed by atoms with Gasteiger partial charge in [-0.1, -0.05) is 0 Å². The van der Waals surface area contributed by atoms with Crippen LogP contribution in [0, 0.1) is 0 Å². The first kappa shape index (κ1) is 10.4. The van der Waals surface area contributed by atoms with Crippen molar-refractivity contribution in [2.24, 2.45) is 0 Å². The Morgan fingerprint density at radius 1 is 1.20 bits per heavy atom. The maximum atomic E-state index is 11.4. The van der Waals surface area contributed by atoms with Gasteiger partial charge in [-0.15, -0.1) is 0 Å². The first-order chi connectivity index (χ1) is 7.12. The van der Waals surface area contributed by atoms with Gasteiger partial charge in [0.05, 0.1) is 4.90 Å². The Morgan fingerprint density at radius 3 is 2.27 bits per heavy atom. The van der Waals surface area contributed by atoms with Gasteiger partial charge >= 0.3 is 0 Å². The molecule has 2 rings (SSSR count). The van der Waals surface area contributed by atoms with Crippen molar-refractivity contribution in [3.05, 3.63) is 24.3 Å². The van der Waals surface area contributed by atoms with Gasteiger partial charge in [0.2, 0.25) is 10.0 Å². The van der Waals surface area contributed by atoms with Crippen LogP contribution in [-0.2, 0) is 10.0 Å². The second-order valence-electron chi connectivity index (χ2n) is 3.65. The molecule has 1 aromatic carbocycles. The number of hydrogen-bond acceptors (Lipinski definition) is 3. The maximum Gasteiger partial charge on any atom is 0.240 e. The first-order valence-corrected chi connectivity index (χ1v) is 6.40. The van der Waals surface area contributed by atoms with Crippen LogP contribution in [0.15, 0.2) is 29.2 Å². The number of benzene rings is 1. The van der Waals surface area contributed by atoms with Crippen LogP contribution < -0.4 is 10.0 Å². The van der Waals surface area contributed by atoms with Crippen LogP contribution in [0.5, 0.6) is 0 Å². The van der Waals surface area contributed by atoms with Gasteiger partial charge in [-0.25, -0.2) is 13.1 Å². The lowest BCUT2D eigenvalue weighted by Crippen LogP contribution is -2.18. The summed E-state index contributed by atoms with van der Waals surface area (Å²) in [5.41, 5.74) is 0.979. The fraction of sp³-hybridized carbons (Fsp3) is 0.400. The van der Waals surface area contributed by atoms with Crippen molar-refractivity contribution in [3.63, 3.8) is 0 Å². The average molecular weight is 226 g/mol. The van der Waals surface area contributed by atoms with Crippen LogP contribution in [0.4, 0.5) is 5.69 Å². The zero-order chi connectivity index (χ0) is 10.9. The minimum Gasteiger partial charge on any atom is -0.382 e. The zero-order valence-corrected chi connectivity index (χ0v) is 9.34. The summed E-state index contributed by atoms with van der Waals surface area (Å²) in [7, 11) is -1.90. The van der Waals surface area contributed by atoms with Gasteiger partial charge in [-0.2, -0.15) is 0 Å². The van der Waals surface area contributed by atoms with Crippen LogP contribution >= 0.6 is 0 Å². The third-order valence-corrected chi connectivity index (χ3v) is 3.81. The van der Waals surface area contributed by atoms with Gasteiger partial charge < -0.3 is 5.32 Å². The van der Waals surface area contributed by atoms with Gasteiger partial charge in [-0.3, -0.25) is 0 Å². The molecule has 1 aromatic rings. The summed E-state index contributed by atoms with van der Waals surface area (Å²) in [6.45, 7) is 0. The Hall–Kier alpha value is -1.07. The van der Waals surface area contributed by atoms with E-state index < -0.39 is 10.0 Å². The normalized spacial score (nSPS) is 16.3. The second-order valence-corrected chi connectivity index (χ2v) is 5.54. The molecule has 1 fully saturated rings. The number of nitrogens with one attached hydrogen (secondary N) is 2. The van der Waals surface area contributed by atoms with Gasteiger partial charge in [0, 0.05) is 11.7 Å². The van der Waals surface area contributed by atoms with Gasteiger partial charge in [0.25, 0.3) is 0 Å². The molecule has 1 saturated carbocycles. The van der Waals surface area contributed by atoms with E-state index in [1.807, 2.05) is 0 Å². The lowest BCUT2D eigenvalue weighted by molar-refractivity contribution is 0.588. The van der Waals surface area contributed by atoms with E-state index in [0.717, 1.165) is 5.69 Å². The maximum absolute atomic E-state index is 11.4. The molecule has 0 saturated heterocycles. The molecular weight excluding hydrogens is 212 g/mol. The molecule has 0 heterocycles. The Morgan fingerprint density at radius 2 is 1.80 bits per heavy atom. The second kappa shape index (κ2) is 3.83. The minimum atomic E-state index is -3.31. The van der Waals surface area contributed by atoms with E-state index in [2.05, 4.69) is 10.0 Å². The molecule has 0 bridgehead atoms. The van der Waals surface area contributed by atoms with Crippen LogP contribution in [-0.4, -0.2) is 21.5 Å². The van der Waals surface area contributed by atoms with Crippen molar-refractivity contribution in [2.45, 2.75) is 23.8 Å². The highest BCUT2D eigenvalue weighted by molar-refractivity contribution is 7.89. The van der Waals surface area contributed by atoms with E-state index in [1.165, 1.54) is 19.9 Å². The Kier molecular flexibility index (Phi) is 2.67. The van der Waals surface area contributed by atoms with Crippen molar-refractivity contribution < 1.29 is 8.42 Å². The smallest absolute Gasteiger partial charge is 0.240 e. The molecule has 82 valence electrons. The largest absolute Gasteiger partial charge is 0.382 e. The highest BCUT2D eigenvalue weighted by atomic mass is 32.2. The molecule has 1 aliphatic carbocycles. The number of sulfonamides is 1. The molecule has 2 N–H and O–H groups in total. The van der Waals surface area contributed by atoms with Crippen molar-refractivity contribution in [1.82, 2.24) is 4.72 Å². The van der Waals surface area contributed by atoms with E-state index >= 15 is 0 Å². The van der Waals surface area contributed by atoms with E-state index in [9.17, 15) is 8.42 Å². The lowest BCUT2D eigenvalue weighted by Gasteiger charge is -2.06. The lowest BCUT2D eigenvalue weighted by atomic mass is 10.3. The van der Waals surface area contributed by atoms with Crippen molar-refractivity contribution >= 4 is 15.7 Å². The average Bonchev–Trinajstić information content (AvgIpc) is 3.03. The first-order valence-electron chi connectivity index (χ1n) is 4.92. The summed E-state index contributed by atoms with van der Waals surface area (Å²) in [5, 5.41) is 3.30. The quantitative estimate of drug-likeness (QED) is 0.810. The molecular formula is C10H14N2O2S. The molecule has 15 heavy (non-hydrogen) atoms. The zero-order valence-electron chi connectivity index (χ0n) is 8.53. The summed E-state index contributed by atoms with van der Waals surface area (Å²) in [6.07, 6.45) is 2.41. The van der Waals surface area contributed by atoms with Crippen LogP contribution in [0.3, 0.4) is 0 Å². The van der Waals surface area contributed by atoms with Crippen LogP contribution in [0.2, 0.25) is 0 Å². The highest BCUT2D eigenvalue weighted by Gasteiger charge is 2.20. The summed E-state index contributed by atoms with van der Waals surface area (Å²) in [5.74, 6) is 0.